The second-order valence-electron chi connectivity index (χ2n) is 58.0. The van der Waals surface area contributed by atoms with E-state index in [0.29, 0.717) is 13.0 Å². The fourth-order valence-electron chi connectivity index (χ4n) is 22.1. The molecule has 0 bridgehead atoms. The number of ether oxygens (including phenoxy) is 3. The van der Waals surface area contributed by atoms with Gasteiger partial charge in [0.25, 0.3) is 0 Å². The molecule has 2 N–H and O–H groups in total. The van der Waals surface area contributed by atoms with Gasteiger partial charge in [-0.15, -0.1) is 0 Å². The number of carboxylic acids is 1. The summed E-state index contributed by atoms with van der Waals surface area (Å²) in [5.74, 6) is 6.95. The Morgan fingerprint density at radius 1 is 0.317 bits per heavy atom. The van der Waals surface area contributed by atoms with Crippen LogP contribution in [0.2, 0.25) is 0 Å². The number of nitrogens with zero attached hydrogens (tertiary/aromatic N) is 15. The molecule has 10 aliphatic rings. The molecule has 0 saturated carbocycles. The van der Waals surface area contributed by atoms with Gasteiger partial charge in [-0.2, -0.15) is 0 Å². The first-order chi connectivity index (χ1) is 64.4. The number of methoxy groups -OCH3 is 3. The van der Waals surface area contributed by atoms with Crippen molar-refractivity contribution in [3.63, 3.8) is 0 Å². The number of aliphatic carboxylic acids is 1. The van der Waals surface area contributed by atoms with E-state index in [1.54, 1.807) is 14.2 Å². The summed E-state index contributed by atoms with van der Waals surface area (Å²) in [5, 5.41) is 19.5. The lowest BCUT2D eigenvalue weighted by molar-refractivity contribution is -0.141. The van der Waals surface area contributed by atoms with Crippen LogP contribution in [0.3, 0.4) is 0 Å². The minimum absolute atomic E-state index is 0.00369. The van der Waals surface area contributed by atoms with Gasteiger partial charge in [0.05, 0.1) is 77.0 Å². The van der Waals surface area contributed by atoms with Gasteiger partial charge in [-0.3, -0.25) is 59.1 Å². The molecule has 22 nitrogen and oxygen atoms in total. The standard InChI is InChI=1S/C28H45N3O2.C27H43N3O.C23H41N3O2.C22H39N3O2.C20H37N3/c1-26(2,3)23-22-17-30(15-19-11-13-21(33-10)14-12-19)20(18-32)16-31(22)25(28(7,8)9)29-24(23)27(4,5)6;1-25(2,3)22-21-18-29(17-19-11-13-20(31-10)14-12-19)15-16-30(21)24(27(7,8)9)28-23(22)26(4,5)6;1-21(2,3)18-16-15-25(12-11-17(27)28-10)13-14-26(16)20(23(7,8)9)24-19(18)22(4,5)6;1-20(2,3)17-15-14-24(11-10-16(26)27)12-13-25(15)19(22(7,8)9)23-18(17)21(4,5)6;1-18(2,3)15-14-13-22(10)11-12-23(14)17(20(7,8)9)21-16(15)19(4,5)6/h11-14,20,24,32H,15-18H2,1-10H3;11-14,23H,15-18H2,1-10H3;19H,11-15H2,1-10H3;18H,10-14H2,1-9H3,(H,26,27);16H,11-13H2,1-10H3. The molecular weight excluding hydrogens is 1760 g/mol. The van der Waals surface area contributed by atoms with Gasteiger partial charge in [-0.1, -0.05) is 336 Å². The Morgan fingerprint density at radius 3 is 0.831 bits per heavy atom. The van der Waals surface area contributed by atoms with Crippen LogP contribution in [0.15, 0.2) is 130 Å². The number of aliphatic hydroxyl groups excluding tert-OH is 1. The van der Waals surface area contributed by atoms with Crippen LogP contribution in [-0.2, 0) is 27.4 Å². The number of carboxylic acid groups (broad SMARTS) is 1. The quantitative estimate of drug-likeness (QED) is 0.179. The number of aliphatic hydroxyl groups is 1. The summed E-state index contributed by atoms with van der Waals surface area (Å²) in [7, 11) is 7.11. The largest absolute Gasteiger partial charge is 0.497 e. The smallest absolute Gasteiger partial charge is 0.306 e. The van der Waals surface area contributed by atoms with Crippen LogP contribution in [0.5, 0.6) is 11.5 Å². The van der Waals surface area contributed by atoms with Gasteiger partial charge in [0, 0.05) is 173 Å². The number of aliphatic imine (C=N–C) groups is 5. The van der Waals surface area contributed by atoms with E-state index in [-0.39, 0.29) is 136 Å². The number of hydrogen-bond acceptors (Lipinski definition) is 21. The number of likely N-dealkylation sites (N-methyl/N-ethyl adjacent to an activating group) is 1. The normalized spacial score (nSPS) is 22.6. The SMILES string of the molecule is CC(C)(C)C1=NC(C(C)(C)C)C(C(C)(C)C)=C2CN(CCC(=O)O)CCN12.CN1CCN2C(C(C)(C)C)=NC(C(C)(C)C)C(C(C)(C)C)=C2C1.COC(=O)CCN1CCN2C(C(C)(C)C)=NC(C(C)(C)C)C(C(C)(C)C)=C2C1.COc1ccc(CN2CC3=C(C(C)(C)C)C(C(C)(C)C)N=C(C(C)(C)C)N3CC2CO)cc1.COc1ccc(CN2CCN3C(C(C)(C)C)=NC(C(C)(C)C)C(C(C)(C)C)=C3C2)cc1. The number of hydrogen-bond donors (Lipinski definition) is 2. The lowest BCUT2D eigenvalue weighted by Crippen LogP contribution is -2.59. The van der Waals surface area contributed by atoms with Gasteiger partial charge in [-0.25, -0.2) is 0 Å². The molecule has 142 heavy (non-hydrogen) atoms. The zero-order valence-electron chi connectivity index (χ0n) is 99.6. The van der Waals surface area contributed by atoms with Crippen LogP contribution >= 0.6 is 0 Å². The average Bonchev–Trinajstić information content (AvgIpc) is 0.801. The lowest BCUT2D eigenvalue weighted by Gasteiger charge is -2.52. The highest BCUT2D eigenvalue weighted by Gasteiger charge is 2.53. The van der Waals surface area contributed by atoms with E-state index < -0.39 is 5.97 Å². The number of rotatable bonds is 13. The first kappa shape index (κ1) is 120. The van der Waals surface area contributed by atoms with Crippen LogP contribution in [0.1, 0.15) is 336 Å². The molecule has 0 aromatic heterocycles. The van der Waals surface area contributed by atoms with Gasteiger partial charge in [0.2, 0.25) is 0 Å². The molecule has 802 valence electrons. The Kier molecular flexibility index (Phi) is 37.4. The summed E-state index contributed by atoms with van der Waals surface area (Å²) in [6, 6.07) is 17.7. The van der Waals surface area contributed by atoms with Crippen molar-refractivity contribution in [1.82, 2.24) is 49.0 Å². The zero-order chi connectivity index (χ0) is 108. The summed E-state index contributed by atoms with van der Waals surface area (Å²) < 4.78 is 15.5. The third-order valence-electron chi connectivity index (χ3n) is 28.8. The molecule has 0 amide bonds. The number of fused-ring (bicyclic) bond motifs is 5. The molecule has 6 unspecified atom stereocenters. The van der Waals surface area contributed by atoms with Crippen LogP contribution in [0, 0.1) is 81.2 Å². The number of esters is 1. The van der Waals surface area contributed by atoms with Crippen molar-refractivity contribution in [1.29, 1.82) is 0 Å². The van der Waals surface area contributed by atoms with Crippen LogP contribution in [0.4, 0.5) is 0 Å². The predicted molar refractivity (Wildman–Crippen MR) is 598 cm³/mol. The molecule has 0 spiro atoms. The highest BCUT2D eigenvalue weighted by Crippen LogP contribution is 2.53. The maximum atomic E-state index is 11.6. The highest BCUT2D eigenvalue weighted by atomic mass is 16.5. The van der Waals surface area contributed by atoms with Crippen molar-refractivity contribution < 1.29 is 34.0 Å². The second kappa shape index (κ2) is 44.3. The Morgan fingerprint density at radius 2 is 0.570 bits per heavy atom. The minimum atomic E-state index is -0.726. The minimum Gasteiger partial charge on any atom is -0.497 e. The number of benzene rings is 2. The summed E-state index contributed by atoms with van der Waals surface area (Å²) in [5.41, 5.74) is 17.5. The molecule has 0 aliphatic carbocycles. The second-order valence-corrected chi connectivity index (χ2v) is 58.0. The molecule has 2 aromatic rings. The summed E-state index contributed by atoms with van der Waals surface area (Å²) in [6.45, 7) is 120. The Labute approximate surface area is 866 Å². The fraction of sp³-hybridized carbons (Fsp3) is 0.758. The van der Waals surface area contributed by atoms with Gasteiger partial charge in [0.1, 0.15) is 40.7 Å². The maximum Gasteiger partial charge on any atom is 0.306 e. The van der Waals surface area contributed by atoms with Gasteiger partial charge in [0.15, 0.2) is 0 Å². The Balaban J connectivity index is 0.000000218. The fourth-order valence-corrected chi connectivity index (χ4v) is 22.1. The molecule has 6 atom stereocenters. The van der Waals surface area contributed by atoms with E-state index in [1.807, 2.05) is 12.1 Å². The lowest BCUT2D eigenvalue weighted by atomic mass is 9.70. The van der Waals surface area contributed by atoms with Crippen molar-refractivity contribution in [2.45, 2.75) is 374 Å². The third kappa shape index (κ3) is 30.1. The number of carbonyl (C=O) groups is 2. The van der Waals surface area contributed by atoms with Crippen molar-refractivity contribution in [3.8, 4) is 11.5 Å². The van der Waals surface area contributed by atoms with Crippen molar-refractivity contribution in [2.75, 3.05) is 140 Å². The summed E-state index contributed by atoms with van der Waals surface area (Å²) >= 11 is 0. The topological polar surface area (TPSA) is 196 Å². The van der Waals surface area contributed by atoms with Gasteiger partial charge < -0.3 is 48.9 Å². The predicted octanol–water partition coefficient (Wildman–Crippen LogP) is 24.3. The first-order valence-electron chi connectivity index (χ1n) is 53.6. The number of carbonyl (C=O) groups excluding carboxylic acids is 1. The van der Waals surface area contributed by atoms with E-state index in [4.69, 9.17) is 44.3 Å². The third-order valence-corrected chi connectivity index (χ3v) is 28.8. The van der Waals surface area contributed by atoms with E-state index in [9.17, 15) is 14.7 Å². The van der Waals surface area contributed by atoms with E-state index in [0.717, 1.165) is 129 Å². The highest BCUT2D eigenvalue weighted by molar-refractivity contribution is 5.94. The number of piperazine rings is 5. The molecule has 22 heteroatoms. The molecule has 10 heterocycles. The van der Waals surface area contributed by atoms with Gasteiger partial charge in [-0.05, 0) is 124 Å². The van der Waals surface area contributed by atoms with E-state index >= 15 is 0 Å². The summed E-state index contributed by atoms with van der Waals surface area (Å²) in [6.07, 6.45) is 0.637. The maximum absolute atomic E-state index is 11.6. The number of amidine groups is 5. The van der Waals surface area contributed by atoms with Crippen molar-refractivity contribution in [2.24, 2.45) is 106 Å². The molecule has 12 rings (SSSR count). The van der Waals surface area contributed by atoms with Crippen molar-refractivity contribution in [3.05, 3.63) is 116 Å². The van der Waals surface area contributed by atoms with Crippen LogP contribution in [0.25, 0.3) is 0 Å². The molecule has 5 fully saturated rings. The van der Waals surface area contributed by atoms with Crippen LogP contribution in [-0.4, -0.2) is 276 Å². The molecule has 10 aliphatic heterocycles. The summed E-state index contributed by atoms with van der Waals surface area (Å²) in [4.78, 5) is 74.1. The average molecular weight is 1970 g/mol. The van der Waals surface area contributed by atoms with Crippen LogP contribution < -0.4 is 9.47 Å². The first-order valence-corrected chi connectivity index (χ1v) is 53.6. The molecular formula is C120H205N15O7. The van der Waals surface area contributed by atoms with E-state index in [2.05, 4.69) is 404 Å². The zero-order valence-corrected chi connectivity index (χ0v) is 99.6. The molecule has 0 radical (unpaired) electrons. The van der Waals surface area contributed by atoms with E-state index in [1.165, 1.54) is 97.9 Å². The van der Waals surface area contributed by atoms with Crippen molar-refractivity contribution >= 4 is 41.1 Å². The molecule has 5 saturated heterocycles. The monoisotopic (exact) mass is 1970 g/mol. The Hall–Kier alpha value is -7.21. The Bertz CT molecular complexity index is 5000. The molecule has 2 aromatic carbocycles. The van der Waals surface area contributed by atoms with Gasteiger partial charge >= 0.3 is 11.9 Å².